The highest BCUT2D eigenvalue weighted by Gasteiger charge is 2.30. The van der Waals surface area contributed by atoms with Gasteiger partial charge in [-0.05, 0) is 31.4 Å². The second-order valence-corrected chi connectivity index (χ2v) is 5.18. The van der Waals surface area contributed by atoms with Crippen molar-refractivity contribution in [2.24, 2.45) is 0 Å². The Labute approximate surface area is 121 Å². The summed E-state index contributed by atoms with van der Waals surface area (Å²) in [7, 11) is 0. The lowest BCUT2D eigenvalue weighted by atomic mass is 10.0. The Kier molecular flexibility index (Phi) is 3.64. The Morgan fingerprint density at radius 1 is 1.35 bits per heavy atom. The van der Waals surface area contributed by atoms with Gasteiger partial charge in [-0.1, -0.05) is 11.6 Å². The van der Waals surface area contributed by atoms with E-state index in [-0.39, 0.29) is 11.9 Å². The van der Waals surface area contributed by atoms with Gasteiger partial charge in [0.25, 0.3) is 5.91 Å². The van der Waals surface area contributed by atoms with Gasteiger partial charge in [0, 0.05) is 12.7 Å². The molecule has 1 aliphatic heterocycles. The predicted octanol–water partition coefficient (Wildman–Crippen LogP) is 2.22. The highest BCUT2D eigenvalue weighted by atomic mass is 35.5. The van der Waals surface area contributed by atoms with E-state index in [1.807, 2.05) is 0 Å². The molecule has 0 bridgehead atoms. The van der Waals surface area contributed by atoms with Crippen molar-refractivity contribution in [1.29, 1.82) is 0 Å². The normalized spacial score (nSPS) is 19.1. The van der Waals surface area contributed by atoms with E-state index in [1.165, 1.54) is 12.5 Å². The minimum absolute atomic E-state index is 0.0590. The SMILES string of the molecule is O=C(c1ccc(Cl)cn1)N1CCCC[C@@H]1c1ncn[nH]1. The highest BCUT2D eigenvalue weighted by Crippen LogP contribution is 2.29. The summed E-state index contributed by atoms with van der Waals surface area (Å²) in [5, 5.41) is 7.24. The first-order valence-electron chi connectivity index (χ1n) is 6.53. The van der Waals surface area contributed by atoms with Gasteiger partial charge in [-0.25, -0.2) is 9.97 Å². The maximum absolute atomic E-state index is 12.6. The monoisotopic (exact) mass is 291 g/mol. The lowest BCUT2D eigenvalue weighted by molar-refractivity contribution is 0.0594. The third-order valence-electron chi connectivity index (χ3n) is 3.46. The summed E-state index contributed by atoms with van der Waals surface area (Å²) in [5.41, 5.74) is 0.404. The molecule has 104 valence electrons. The van der Waals surface area contributed by atoms with E-state index >= 15 is 0 Å². The fourth-order valence-electron chi connectivity index (χ4n) is 2.48. The van der Waals surface area contributed by atoms with E-state index < -0.39 is 0 Å². The number of carbonyl (C=O) groups excluding carboxylic acids is 1. The molecule has 7 heteroatoms. The summed E-state index contributed by atoms with van der Waals surface area (Å²) >= 11 is 5.80. The topological polar surface area (TPSA) is 74.8 Å². The lowest BCUT2D eigenvalue weighted by Gasteiger charge is -2.34. The number of H-pyrrole nitrogens is 1. The molecule has 0 aromatic carbocycles. The summed E-state index contributed by atoms with van der Waals surface area (Å²) in [6, 6.07) is 3.27. The van der Waals surface area contributed by atoms with Gasteiger partial charge >= 0.3 is 0 Å². The molecule has 0 saturated carbocycles. The number of carbonyl (C=O) groups is 1. The molecular formula is C13H14ClN5O. The van der Waals surface area contributed by atoms with Crippen molar-refractivity contribution in [3.63, 3.8) is 0 Å². The van der Waals surface area contributed by atoms with Crippen LogP contribution in [-0.4, -0.2) is 37.5 Å². The average Bonchev–Trinajstić information content (AvgIpc) is 3.01. The number of aromatic nitrogens is 4. The van der Waals surface area contributed by atoms with Gasteiger partial charge < -0.3 is 4.90 Å². The number of nitrogens with zero attached hydrogens (tertiary/aromatic N) is 4. The van der Waals surface area contributed by atoms with Crippen LogP contribution in [0.25, 0.3) is 0 Å². The molecular weight excluding hydrogens is 278 g/mol. The zero-order valence-electron chi connectivity index (χ0n) is 10.8. The molecule has 3 heterocycles. The Morgan fingerprint density at radius 3 is 2.95 bits per heavy atom. The smallest absolute Gasteiger partial charge is 0.273 e. The van der Waals surface area contributed by atoms with Crippen molar-refractivity contribution in [1.82, 2.24) is 25.1 Å². The molecule has 2 aromatic heterocycles. The summed E-state index contributed by atoms with van der Waals surface area (Å²) in [4.78, 5) is 22.7. The van der Waals surface area contributed by atoms with E-state index in [0.717, 1.165) is 25.1 Å². The van der Waals surface area contributed by atoms with Gasteiger partial charge in [0.15, 0.2) is 0 Å². The number of rotatable bonds is 2. The third-order valence-corrected chi connectivity index (χ3v) is 3.68. The molecule has 1 aliphatic rings. The van der Waals surface area contributed by atoms with Crippen molar-refractivity contribution in [2.75, 3.05) is 6.54 Å². The minimum Gasteiger partial charge on any atom is -0.327 e. The number of halogens is 1. The molecule has 3 rings (SSSR count). The van der Waals surface area contributed by atoms with Crippen LogP contribution in [0.4, 0.5) is 0 Å². The van der Waals surface area contributed by atoms with Gasteiger partial charge in [0.2, 0.25) is 0 Å². The first-order chi connectivity index (χ1) is 9.75. The Hall–Kier alpha value is -1.95. The number of piperidine rings is 1. The van der Waals surface area contributed by atoms with E-state index in [4.69, 9.17) is 11.6 Å². The standard InChI is InChI=1S/C13H14ClN5O/c14-9-4-5-10(15-7-9)13(20)19-6-2-1-3-11(19)12-16-8-17-18-12/h4-5,7-8,11H,1-3,6H2,(H,16,17,18)/t11-/m1/s1. The largest absolute Gasteiger partial charge is 0.327 e. The quantitative estimate of drug-likeness (QED) is 0.920. The first-order valence-corrected chi connectivity index (χ1v) is 6.91. The van der Waals surface area contributed by atoms with Gasteiger partial charge in [0.1, 0.15) is 17.8 Å². The van der Waals surface area contributed by atoms with Crippen LogP contribution >= 0.6 is 11.6 Å². The fourth-order valence-corrected chi connectivity index (χ4v) is 2.60. The summed E-state index contributed by atoms with van der Waals surface area (Å²) in [5.74, 6) is 0.634. The van der Waals surface area contributed by atoms with Crippen LogP contribution in [0.1, 0.15) is 41.6 Å². The molecule has 0 aliphatic carbocycles. The fraction of sp³-hybridized carbons (Fsp3) is 0.385. The zero-order chi connectivity index (χ0) is 13.9. The third kappa shape index (κ3) is 2.51. The Balaban J connectivity index is 1.86. The van der Waals surface area contributed by atoms with Gasteiger partial charge in [-0.3, -0.25) is 9.89 Å². The lowest BCUT2D eigenvalue weighted by Crippen LogP contribution is -2.39. The molecule has 1 N–H and O–H groups in total. The molecule has 20 heavy (non-hydrogen) atoms. The Bertz CT molecular complexity index is 583. The van der Waals surface area contributed by atoms with E-state index in [2.05, 4.69) is 20.2 Å². The number of pyridine rings is 1. The zero-order valence-corrected chi connectivity index (χ0v) is 11.5. The number of amides is 1. The van der Waals surface area contributed by atoms with E-state index in [9.17, 15) is 4.79 Å². The second-order valence-electron chi connectivity index (χ2n) is 4.74. The van der Waals surface area contributed by atoms with Crippen LogP contribution in [0.5, 0.6) is 0 Å². The first kappa shape index (κ1) is 13.1. The van der Waals surface area contributed by atoms with Crippen LogP contribution < -0.4 is 0 Å². The summed E-state index contributed by atoms with van der Waals surface area (Å²) in [6.07, 6.45) is 5.90. The van der Waals surface area contributed by atoms with Gasteiger partial charge in [-0.2, -0.15) is 5.10 Å². The van der Waals surface area contributed by atoms with E-state index in [1.54, 1.807) is 17.0 Å². The van der Waals surface area contributed by atoms with Crippen LogP contribution in [0, 0.1) is 0 Å². The number of hydrogen-bond acceptors (Lipinski definition) is 4. The molecule has 0 radical (unpaired) electrons. The molecule has 1 amide bonds. The molecule has 1 saturated heterocycles. The van der Waals surface area contributed by atoms with Crippen LogP contribution in [0.3, 0.4) is 0 Å². The van der Waals surface area contributed by atoms with Crippen LogP contribution in [0.2, 0.25) is 5.02 Å². The van der Waals surface area contributed by atoms with Crippen molar-refractivity contribution in [2.45, 2.75) is 25.3 Å². The van der Waals surface area contributed by atoms with Gasteiger partial charge in [0.05, 0.1) is 11.1 Å². The van der Waals surface area contributed by atoms with Gasteiger partial charge in [-0.15, -0.1) is 0 Å². The maximum Gasteiger partial charge on any atom is 0.273 e. The molecule has 2 aromatic rings. The van der Waals surface area contributed by atoms with Crippen molar-refractivity contribution in [3.05, 3.63) is 41.2 Å². The molecule has 1 atom stereocenters. The molecule has 0 unspecified atom stereocenters. The van der Waals surface area contributed by atoms with Crippen LogP contribution in [-0.2, 0) is 0 Å². The molecule has 1 fully saturated rings. The second kappa shape index (κ2) is 5.58. The average molecular weight is 292 g/mol. The number of hydrogen-bond donors (Lipinski definition) is 1. The van der Waals surface area contributed by atoms with Crippen molar-refractivity contribution in [3.8, 4) is 0 Å². The molecule has 6 nitrogen and oxygen atoms in total. The van der Waals surface area contributed by atoms with Crippen molar-refractivity contribution >= 4 is 17.5 Å². The summed E-state index contributed by atoms with van der Waals surface area (Å²) < 4.78 is 0. The number of aromatic amines is 1. The minimum atomic E-state index is -0.0947. The number of nitrogens with one attached hydrogen (secondary N) is 1. The number of likely N-dealkylation sites (tertiary alicyclic amines) is 1. The Morgan fingerprint density at radius 2 is 2.25 bits per heavy atom. The highest BCUT2D eigenvalue weighted by molar-refractivity contribution is 6.30. The van der Waals surface area contributed by atoms with Crippen molar-refractivity contribution < 1.29 is 4.79 Å². The van der Waals surface area contributed by atoms with Crippen LogP contribution in [0.15, 0.2) is 24.7 Å². The maximum atomic E-state index is 12.6. The predicted molar refractivity (Wildman–Crippen MR) is 73.3 cm³/mol. The van der Waals surface area contributed by atoms with E-state index in [0.29, 0.717) is 17.3 Å². The summed E-state index contributed by atoms with van der Waals surface area (Å²) in [6.45, 7) is 0.703. The molecule has 0 spiro atoms.